The van der Waals surface area contributed by atoms with Crippen LogP contribution < -0.4 is 5.32 Å². The summed E-state index contributed by atoms with van der Waals surface area (Å²) in [4.78, 5) is 22.8. The first kappa shape index (κ1) is 15.9. The molecule has 0 radical (unpaired) electrons. The number of thiophene rings is 1. The van der Waals surface area contributed by atoms with E-state index in [4.69, 9.17) is 5.11 Å². The molecule has 0 aliphatic carbocycles. The summed E-state index contributed by atoms with van der Waals surface area (Å²) in [5, 5.41) is 11.2. The number of aliphatic carboxylic acids is 1. The number of nitrogens with one attached hydrogen (secondary N) is 1. The highest BCUT2D eigenvalue weighted by molar-refractivity contribution is 9.11. The number of carbonyl (C=O) groups excluding carboxylic acids is 1. The lowest BCUT2D eigenvalue weighted by Gasteiger charge is -2.01. The number of halogens is 1. The average molecular weight is 346 g/mol. The van der Waals surface area contributed by atoms with E-state index in [0.717, 1.165) is 21.5 Å². The van der Waals surface area contributed by atoms with Crippen molar-refractivity contribution in [2.75, 3.05) is 6.54 Å². The number of amides is 1. The maximum atomic E-state index is 11.5. The van der Waals surface area contributed by atoms with Gasteiger partial charge in [-0.25, -0.2) is 0 Å². The maximum absolute atomic E-state index is 11.5. The lowest BCUT2D eigenvalue weighted by molar-refractivity contribution is -0.137. The van der Waals surface area contributed by atoms with Crippen molar-refractivity contribution in [1.29, 1.82) is 0 Å². The Balaban J connectivity index is 2.11. The van der Waals surface area contributed by atoms with Gasteiger partial charge in [0.05, 0.1) is 3.79 Å². The Morgan fingerprint density at radius 1 is 1.32 bits per heavy atom. The average Bonchev–Trinajstić information content (AvgIpc) is 2.76. The van der Waals surface area contributed by atoms with Crippen molar-refractivity contribution in [1.82, 2.24) is 5.32 Å². The van der Waals surface area contributed by atoms with Gasteiger partial charge in [-0.2, -0.15) is 0 Å². The van der Waals surface area contributed by atoms with Gasteiger partial charge in [0.1, 0.15) is 0 Å². The van der Waals surface area contributed by atoms with E-state index in [9.17, 15) is 9.59 Å². The third-order valence-electron chi connectivity index (χ3n) is 2.36. The minimum absolute atomic E-state index is 0.122. The van der Waals surface area contributed by atoms with Gasteiger partial charge in [-0.05, 0) is 47.0 Å². The van der Waals surface area contributed by atoms with E-state index < -0.39 is 5.97 Å². The first-order valence-corrected chi connectivity index (χ1v) is 7.62. The van der Waals surface area contributed by atoms with Crippen LogP contribution in [0.5, 0.6) is 0 Å². The second-order valence-electron chi connectivity index (χ2n) is 3.97. The second kappa shape index (κ2) is 8.87. The number of rotatable bonds is 8. The van der Waals surface area contributed by atoms with Gasteiger partial charge in [0.2, 0.25) is 5.91 Å². The molecule has 0 atom stereocenters. The Kier molecular flexibility index (Phi) is 7.43. The van der Waals surface area contributed by atoms with Gasteiger partial charge < -0.3 is 10.4 Å². The zero-order chi connectivity index (χ0) is 14.1. The van der Waals surface area contributed by atoms with Crippen LogP contribution in [0.2, 0.25) is 0 Å². The predicted octanol–water partition coefficient (Wildman–Crippen LogP) is 3.29. The summed E-state index contributed by atoms with van der Waals surface area (Å²) < 4.78 is 1.03. The minimum atomic E-state index is -0.769. The molecule has 2 N–H and O–H groups in total. The number of unbranched alkanes of at least 4 members (excludes halogenated alkanes) is 2. The molecule has 0 fully saturated rings. The van der Waals surface area contributed by atoms with Gasteiger partial charge in [0, 0.05) is 23.9 Å². The molecule has 104 valence electrons. The van der Waals surface area contributed by atoms with Crippen LogP contribution >= 0.6 is 27.3 Å². The molecule has 0 saturated carbocycles. The second-order valence-corrected chi connectivity index (χ2v) is 6.47. The van der Waals surface area contributed by atoms with Gasteiger partial charge in [-0.15, -0.1) is 11.3 Å². The largest absolute Gasteiger partial charge is 0.481 e. The van der Waals surface area contributed by atoms with Crippen LogP contribution in [0.3, 0.4) is 0 Å². The lowest BCUT2D eigenvalue weighted by atomic mass is 10.2. The quantitative estimate of drug-likeness (QED) is 0.561. The van der Waals surface area contributed by atoms with Crippen molar-refractivity contribution in [3.8, 4) is 0 Å². The van der Waals surface area contributed by atoms with E-state index in [1.54, 1.807) is 17.4 Å². The molecule has 1 aromatic heterocycles. The normalized spacial score (nSPS) is 10.8. The summed E-state index contributed by atoms with van der Waals surface area (Å²) in [5.41, 5.74) is 0. The standard InChI is InChI=1S/C13H16BrNO3S/c14-11-7-5-10(19-11)6-8-12(16)15-9-3-1-2-4-13(17)18/h5-8H,1-4,9H2,(H,15,16)(H,17,18)/b8-6+. The van der Waals surface area contributed by atoms with Gasteiger partial charge in [-0.3, -0.25) is 9.59 Å². The van der Waals surface area contributed by atoms with Crippen LogP contribution in [-0.4, -0.2) is 23.5 Å². The molecule has 0 aliphatic heterocycles. The minimum Gasteiger partial charge on any atom is -0.481 e. The Morgan fingerprint density at radius 3 is 2.74 bits per heavy atom. The SMILES string of the molecule is O=C(O)CCCCCNC(=O)/C=C/c1ccc(Br)s1. The topological polar surface area (TPSA) is 66.4 Å². The molecular weight excluding hydrogens is 330 g/mol. The molecule has 0 aliphatic rings. The van der Waals surface area contributed by atoms with Crippen LogP contribution in [0.25, 0.3) is 6.08 Å². The number of hydrogen-bond donors (Lipinski definition) is 2. The number of carboxylic acid groups (broad SMARTS) is 1. The summed E-state index contributed by atoms with van der Waals surface area (Å²) in [6.07, 6.45) is 5.75. The van der Waals surface area contributed by atoms with Crippen LogP contribution in [0.4, 0.5) is 0 Å². The van der Waals surface area contributed by atoms with Gasteiger partial charge in [0.15, 0.2) is 0 Å². The predicted molar refractivity (Wildman–Crippen MR) is 80.2 cm³/mol. The molecule has 1 amide bonds. The zero-order valence-corrected chi connectivity index (χ0v) is 12.8. The third-order valence-corrected chi connectivity index (χ3v) is 3.95. The molecule has 19 heavy (non-hydrogen) atoms. The van der Waals surface area contributed by atoms with Crippen molar-refractivity contribution >= 4 is 45.2 Å². The molecule has 1 rings (SSSR count). The van der Waals surface area contributed by atoms with E-state index in [1.165, 1.54) is 6.08 Å². The molecule has 0 aromatic carbocycles. The summed E-state index contributed by atoms with van der Waals surface area (Å²) in [7, 11) is 0. The van der Waals surface area contributed by atoms with E-state index in [0.29, 0.717) is 13.0 Å². The highest BCUT2D eigenvalue weighted by Gasteiger charge is 1.98. The van der Waals surface area contributed by atoms with Crippen molar-refractivity contribution < 1.29 is 14.7 Å². The molecule has 1 aromatic rings. The Labute approximate surface area is 124 Å². The zero-order valence-electron chi connectivity index (χ0n) is 10.4. The van der Waals surface area contributed by atoms with Gasteiger partial charge >= 0.3 is 5.97 Å². The van der Waals surface area contributed by atoms with E-state index >= 15 is 0 Å². The highest BCUT2D eigenvalue weighted by atomic mass is 79.9. The molecule has 1 heterocycles. The fraction of sp³-hybridized carbons (Fsp3) is 0.385. The fourth-order valence-electron chi connectivity index (χ4n) is 1.42. The van der Waals surface area contributed by atoms with Crippen LogP contribution in [0.1, 0.15) is 30.6 Å². The van der Waals surface area contributed by atoms with E-state index in [1.807, 2.05) is 12.1 Å². The molecule has 0 spiro atoms. The first-order chi connectivity index (χ1) is 9.08. The van der Waals surface area contributed by atoms with Crippen molar-refractivity contribution in [2.45, 2.75) is 25.7 Å². The Morgan fingerprint density at radius 2 is 2.11 bits per heavy atom. The highest BCUT2D eigenvalue weighted by Crippen LogP contribution is 2.22. The van der Waals surface area contributed by atoms with E-state index in [-0.39, 0.29) is 12.3 Å². The molecule has 0 unspecified atom stereocenters. The molecule has 4 nitrogen and oxygen atoms in total. The summed E-state index contributed by atoms with van der Waals surface area (Å²) in [6.45, 7) is 0.580. The maximum Gasteiger partial charge on any atom is 0.303 e. The monoisotopic (exact) mass is 345 g/mol. The lowest BCUT2D eigenvalue weighted by Crippen LogP contribution is -2.21. The molecule has 0 saturated heterocycles. The fourth-order valence-corrected chi connectivity index (χ4v) is 2.75. The van der Waals surface area contributed by atoms with Crippen LogP contribution in [-0.2, 0) is 9.59 Å². The Bertz CT molecular complexity index is 456. The van der Waals surface area contributed by atoms with Crippen LogP contribution in [0.15, 0.2) is 22.0 Å². The molecule has 0 bridgehead atoms. The smallest absolute Gasteiger partial charge is 0.303 e. The Hall–Kier alpha value is -1.14. The summed E-state index contributed by atoms with van der Waals surface area (Å²) in [6, 6.07) is 3.87. The third kappa shape index (κ3) is 7.79. The molecule has 6 heteroatoms. The summed E-state index contributed by atoms with van der Waals surface area (Å²) >= 11 is 4.92. The van der Waals surface area contributed by atoms with Gasteiger partial charge in [0.25, 0.3) is 0 Å². The van der Waals surface area contributed by atoms with Gasteiger partial charge in [-0.1, -0.05) is 6.42 Å². The van der Waals surface area contributed by atoms with E-state index in [2.05, 4.69) is 21.2 Å². The van der Waals surface area contributed by atoms with Crippen LogP contribution in [0, 0.1) is 0 Å². The van der Waals surface area contributed by atoms with Crippen molar-refractivity contribution in [3.05, 3.63) is 26.9 Å². The number of hydrogen-bond acceptors (Lipinski definition) is 3. The first-order valence-electron chi connectivity index (χ1n) is 6.01. The number of carbonyl (C=O) groups is 2. The summed E-state index contributed by atoms with van der Waals surface area (Å²) in [5.74, 6) is -0.892. The van der Waals surface area contributed by atoms with Crippen molar-refractivity contribution in [3.63, 3.8) is 0 Å². The molecular formula is C13H16BrNO3S. The van der Waals surface area contributed by atoms with Crippen molar-refractivity contribution in [2.24, 2.45) is 0 Å². The number of carboxylic acids is 1.